The first-order chi connectivity index (χ1) is 13.3. The molecule has 0 saturated heterocycles. The van der Waals surface area contributed by atoms with E-state index in [1.165, 1.54) is 5.56 Å². The molecule has 0 bridgehead atoms. The molecule has 0 spiro atoms. The molecule has 27 heavy (non-hydrogen) atoms. The van der Waals surface area contributed by atoms with E-state index in [9.17, 15) is 0 Å². The number of rotatable bonds is 4. The van der Waals surface area contributed by atoms with E-state index in [0.717, 1.165) is 57.7 Å². The number of nitrogens with one attached hydrogen (secondary N) is 2. The van der Waals surface area contributed by atoms with Crippen LogP contribution in [0.5, 0.6) is 0 Å². The number of aromatic amines is 2. The molecule has 5 aromatic rings. The highest BCUT2D eigenvalue weighted by molar-refractivity contribution is 5.82. The second-order valence-corrected chi connectivity index (χ2v) is 6.87. The molecule has 5 rings (SSSR count). The van der Waals surface area contributed by atoms with Gasteiger partial charge in [-0.1, -0.05) is 49.7 Å². The molecule has 0 fully saturated rings. The Labute approximate surface area is 157 Å². The lowest BCUT2D eigenvalue weighted by atomic mass is 10.1. The molecule has 2 aromatic heterocycles. The third-order valence-corrected chi connectivity index (χ3v) is 4.88. The van der Waals surface area contributed by atoms with Crippen LogP contribution in [0.1, 0.15) is 18.9 Å². The predicted octanol–water partition coefficient (Wildman–Crippen LogP) is 5.73. The van der Waals surface area contributed by atoms with Crippen molar-refractivity contribution in [3.05, 3.63) is 72.3 Å². The fraction of sp³-hybridized carbons (Fsp3) is 0.130. The van der Waals surface area contributed by atoms with Crippen molar-refractivity contribution in [3.63, 3.8) is 0 Å². The Morgan fingerprint density at radius 2 is 1.41 bits per heavy atom. The zero-order valence-corrected chi connectivity index (χ0v) is 15.2. The fourth-order valence-electron chi connectivity index (χ4n) is 3.54. The zero-order valence-electron chi connectivity index (χ0n) is 15.2. The van der Waals surface area contributed by atoms with Gasteiger partial charge in [-0.2, -0.15) is 0 Å². The number of fused-ring (bicyclic) bond motifs is 2. The number of nitrogens with zero attached hydrogens (tertiary/aromatic N) is 2. The minimum Gasteiger partial charge on any atom is -0.338 e. The first kappa shape index (κ1) is 15.8. The molecule has 0 saturated carbocycles. The van der Waals surface area contributed by atoms with Crippen LogP contribution in [0.4, 0.5) is 0 Å². The normalized spacial score (nSPS) is 11.4. The molecule has 0 atom stereocenters. The number of hydrogen-bond acceptors (Lipinski definition) is 2. The number of aryl methyl sites for hydroxylation is 1. The Balaban J connectivity index is 1.55. The third-order valence-electron chi connectivity index (χ3n) is 4.88. The van der Waals surface area contributed by atoms with Crippen LogP contribution in [0.3, 0.4) is 0 Å². The quantitative estimate of drug-likeness (QED) is 0.434. The van der Waals surface area contributed by atoms with Gasteiger partial charge in [0, 0.05) is 11.1 Å². The van der Waals surface area contributed by atoms with Crippen molar-refractivity contribution in [2.75, 3.05) is 0 Å². The molecular formula is C23H20N4. The average molecular weight is 352 g/mol. The van der Waals surface area contributed by atoms with Crippen LogP contribution in [0, 0.1) is 0 Å². The Morgan fingerprint density at radius 1 is 0.704 bits per heavy atom. The molecule has 0 amide bonds. The van der Waals surface area contributed by atoms with Gasteiger partial charge in [0.15, 0.2) is 0 Å². The summed E-state index contributed by atoms with van der Waals surface area (Å²) in [5.41, 5.74) is 7.56. The van der Waals surface area contributed by atoms with Crippen molar-refractivity contribution < 1.29 is 0 Å². The van der Waals surface area contributed by atoms with Gasteiger partial charge in [0.1, 0.15) is 11.6 Å². The van der Waals surface area contributed by atoms with Gasteiger partial charge < -0.3 is 9.97 Å². The minimum absolute atomic E-state index is 0.874. The van der Waals surface area contributed by atoms with E-state index < -0.39 is 0 Å². The second kappa shape index (κ2) is 6.40. The topological polar surface area (TPSA) is 57.4 Å². The largest absolute Gasteiger partial charge is 0.338 e. The summed E-state index contributed by atoms with van der Waals surface area (Å²) in [7, 11) is 0. The molecule has 4 heteroatoms. The van der Waals surface area contributed by atoms with E-state index in [2.05, 4.69) is 53.3 Å². The lowest BCUT2D eigenvalue weighted by Crippen LogP contribution is -1.84. The van der Waals surface area contributed by atoms with Crippen LogP contribution in [0.2, 0.25) is 0 Å². The van der Waals surface area contributed by atoms with Crippen molar-refractivity contribution in [2.24, 2.45) is 0 Å². The number of imidazole rings is 2. The van der Waals surface area contributed by atoms with Gasteiger partial charge in [-0.15, -0.1) is 0 Å². The van der Waals surface area contributed by atoms with E-state index in [1.807, 2.05) is 30.3 Å². The highest BCUT2D eigenvalue weighted by atomic mass is 14.9. The van der Waals surface area contributed by atoms with Gasteiger partial charge in [-0.05, 0) is 42.3 Å². The van der Waals surface area contributed by atoms with Crippen LogP contribution in [-0.2, 0) is 6.42 Å². The standard InChI is InChI=1S/C23H20N4/c1-2-6-15-11-12-20-21(13-15)27-23(26-20)17-8-5-7-16(14-17)22-24-18-9-3-4-10-19(18)25-22/h3-5,7-14H,2,6H2,1H3,(H,24,25)(H,26,27). The first-order valence-corrected chi connectivity index (χ1v) is 9.34. The summed E-state index contributed by atoms with van der Waals surface area (Å²) in [6.45, 7) is 2.20. The molecule has 3 aromatic carbocycles. The Morgan fingerprint density at radius 3 is 2.15 bits per heavy atom. The number of aromatic nitrogens is 4. The number of para-hydroxylation sites is 2. The average Bonchev–Trinajstić information content (AvgIpc) is 3.32. The fourth-order valence-corrected chi connectivity index (χ4v) is 3.54. The lowest BCUT2D eigenvalue weighted by molar-refractivity contribution is 0.923. The van der Waals surface area contributed by atoms with Crippen molar-refractivity contribution in [2.45, 2.75) is 19.8 Å². The molecule has 0 unspecified atom stereocenters. The zero-order chi connectivity index (χ0) is 18.2. The summed E-state index contributed by atoms with van der Waals surface area (Å²) in [4.78, 5) is 16.4. The Bertz CT molecular complexity index is 1210. The molecule has 132 valence electrons. The summed E-state index contributed by atoms with van der Waals surface area (Å²) < 4.78 is 0. The van der Waals surface area contributed by atoms with Crippen LogP contribution < -0.4 is 0 Å². The van der Waals surface area contributed by atoms with Gasteiger partial charge in [-0.25, -0.2) is 9.97 Å². The Hall–Kier alpha value is -3.40. The molecule has 0 aliphatic rings. The molecule has 0 aliphatic heterocycles. The van der Waals surface area contributed by atoms with Crippen molar-refractivity contribution >= 4 is 22.1 Å². The summed E-state index contributed by atoms with van der Waals surface area (Å²) in [5, 5.41) is 0. The second-order valence-electron chi connectivity index (χ2n) is 6.87. The van der Waals surface area contributed by atoms with Gasteiger partial charge >= 0.3 is 0 Å². The number of H-pyrrole nitrogens is 2. The number of benzene rings is 3. The lowest BCUT2D eigenvalue weighted by Gasteiger charge is -2.00. The van der Waals surface area contributed by atoms with E-state index >= 15 is 0 Å². The maximum atomic E-state index is 4.78. The highest BCUT2D eigenvalue weighted by Gasteiger charge is 2.09. The monoisotopic (exact) mass is 352 g/mol. The summed E-state index contributed by atoms with van der Waals surface area (Å²) in [6.07, 6.45) is 2.23. The third kappa shape index (κ3) is 2.89. The van der Waals surface area contributed by atoms with Gasteiger partial charge in [-0.3, -0.25) is 0 Å². The summed E-state index contributed by atoms with van der Waals surface area (Å²) in [6, 6.07) is 22.9. The first-order valence-electron chi connectivity index (χ1n) is 9.34. The molecule has 2 N–H and O–H groups in total. The summed E-state index contributed by atoms with van der Waals surface area (Å²) >= 11 is 0. The molecule has 4 nitrogen and oxygen atoms in total. The van der Waals surface area contributed by atoms with Gasteiger partial charge in [0.05, 0.1) is 22.1 Å². The molecule has 0 aliphatic carbocycles. The van der Waals surface area contributed by atoms with Crippen LogP contribution in [0.15, 0.2) is 66.7 Å². The van der Waals surface area contributed by atoms with E-state index in [0.29, 0.717) is 0 Å². The van der Waals surface area contributed by atoms with Crippen molar-refractivity contribution in [1.82, 2.24) is 19.9 Å². The van der Waals surface area contributed by atoms with E-state index in [-0.39, 0.29) is 0 Å². The van der Waals surface area contributed by atoms with Crippen LogP contribution in [0.25, 0.3) is 44.8 Å². The van der Waals surface area contributed by atoms with Crippen LogP contribution in [-0.4, -0.2) is 19.9 Å². The smallest absolute Gasteiger partial charge is 0.138 e. The maximum Gasteiger partial charge on any atom is 0.138 e. The molecular weight excluding hydrogens is 332 g/mol. The van der Waals surface area contributed by atoms with Gasteiger partial charge in [0.2, 0.25) is 0 Å². The Kier molecular flexibility index (Phi) is 3.75. The SMILES string of the molecule is CCCc1ccc2nc(-c3cccc(-c4nc5ccccc5[nH]4)c3)[nH]c2c1. The summed E-state index contributed by atoms with van der Waals surface area (Å²) in [5.74, 6) is 1.76. The predicted molar refractivity (Wildman–Crippen MR) is 111 cm³/mol. The van der Waals surface area contributed by atoms with Crippen molar-refractivity contribution in [1.29, 1.82) is 0 Å². The van der Waals surface area contributed by atoms with E-state index in [1.54, 1.807) is 0 Å². The van der Waals surface area contributed by atoms with Gasteiger partial charge in [0.25, 0.3) is 0 Å². The minimum atomic E-state index is 0.874. The maximum absolute atomic E-state index is 4.78. The van der Waals surface area contributed by atoms with Crippen LogP contribution >= 0.6 is 0 Å². The van der Waals surface area contributed by atoms with Crippen molar-refractivity contribution in [3.8, 4) is 22.8 Å². The molecule has 2 heterocycles. The molecule has 0 radical (unpaired) electrons. The highest BCUT2D eigenvalue weighted by Crippen LogP contribution is 2.27. The number of hydrogen-bond donors (Lipinski definition) is 2. The van der Waals surface area contributed by atoms with E-state index in [4.69, 9.17) is 9.97 Å².